The summed E-state index contributed by atoms with van der Waals surface area (Å²) >= 11 is 0. The second-order valence-corrected chi connectivity index (χ2v) is 5.75. The highest BCUT2D eigenvalue weighted by atomic mass is 16.5. The topological polar surface area (TPSA) is 67.4 Å². The van der Waals surface area contributed by atoms with Crippen LogP contribution in [0.4, 0.5) is 5.69 Å². The summed E-state index contributed by atoms with van der Waals surface area (Å²) in [6.45, 7) is 6.51. The molecule has 132 valence electrons. The fourth-order valence-corrected chi connectivity index (χ4v) is 2.17. The summed E-state index contributed by atoms with van der Waals surface area (Å²) in [6, 6.07) is 13.8. The minimum Gasteiger partial charge on any atom is -0.491 e. The first-order valence-corrected chi connectivity index (χ1v) is 8.49. The van der Waals surface area contributed by atoms with Crippen molar-refractivity contribution in [3.63, 3.8) is 0 Å². The number of benzene rings is 2. The Balaban J connectivity index is 1.98. The van der Waals surface area contributed by atoms with E-state index in [4.69, 9.17) is 4.74 Å². The van der Waals surface area contributed by atoms with E-state index in [1.807, 2.05) is 13.8 Å². The Kier molecular flexibility index (Phi) is 6.57. The van der Waals surface area contributed by atoms with Crippen molar-refractivity contribution in [1.29, 1.82) is 0 Å². The third-order valence-electron chi connectivity index (χ3n) is 3.77. The molecule has 0 radical (unpaired) electrons. The Hall–Kier alpha value is -2.82. The van der Waals surface area contributed by atoms with Gasteiger partial charge in [-0.2, -0.15) is 0 Å². The first kappa shape index (κ1) is 18.5. The van der Waals surface area contributed by atoms with E-state index in [1.165, 1.54) is 0 Å². The zero-order valence-corrected chi connectivity index (χ0v) is 14.8. The number of rotatable bonds is 7. The zero-order chi connectivity index (χ0) is 18.2. The van der Waals surface area contributed by atoms with Crippen LogP contribution in [0.5, 0.6) is 5.75 Å². The predicted molar refractivity (Wildman–Crippen MR) is 99.2 cm³/mol. The van der Waals surface area contributed by atoms with Gasteiger partial charge in [-0.15, -0.1) is 0 Å². The van der Waals surface area contributed by atoms with Crippen LogP contribution in [0.15, 0.2) is 48.5 Å². The summed E-state index contributed by atoms with van der Waals surface area (Å²) in [4.78, 5) is 24.0. The molecule has 0 aliphatic heterocycles. The van der Waals surface area contributed by atoms with Crippen molar-refractivity contribution in [3.8, 4) is 5.75 Å². The van der Waals surface area contributed by atoms with E-state index in [2.05, 4.69) is 17.6 Å². The molecule has 0 saturated carbocycles. The van der Waals surface area contributed by atoms with Crippen LogP contribution in [0.25, 0.3) is 0 Å². The molecule has 2 aromatic carbocycles. The van der Waals surface area contributed by atoms with Gasteiger partial charge in [-0.1, -0.05) is 6.92 Å². The normalized spacial score (nSPS) is 11.5. The Bertz CT molecular complexity index is 709. The van der Waals surface area contributed by atoms with Crippen LogP contribution < -0.4 is 15.4 Å². The molecule has 2 N–H and O–H groups in total. The molecule has 0 aromatic heterocycles. The summed E-state index contributed by atoms with van der Waals surface area (Å²) in [5.41, 5.74) is 1.74. The van der Waals surface area contributed by atoms with E-state index in [0.29, 0.717) is 23.4 Å². The molecule has 0 aliphatic carbocycles. The average Bonchev–Trinajstić information content (AvgIpc) is 2.63. The van der Waals surface area contributed by atoms with Crippen LogP contribution in [0.2, 0.25) is 0 Å². The molecule has 2 aromatic rings. The molecule has 0 heterocycles. The van der Waals surface area contributed by atoms with E-state index in [9.17, 15) is 9.59 Å². The van der Waals surface area contributed by atoms with E-state index >= 15 is 0 Å². The molecule has 5 nitrogen and oxygen atoms in total. The highest BCUT2D eigenvalue weighted by molar-refractivity contribution is 6.04. The maximum Gasteiger partial charge on any atom is 0.255 e. The molecule has 0 aliphatic rings. The number of amides is 2. The van der Waals surface area contributed by atoms with Gasteiger partial charge < -0.3 is 15.4 Å². The van der Waals surface area contributed by atoms with Crippen LogP contribution in [-0.2, 0) is 0 Å². The van der Waals surface area contributed by atoms with E-state index < -0.39 is 0 Å². The number of hydrogen-bond acceptors (Lipinski definition) is 3. The lowest BCUT2D eigenvalue weighted by molar-refractivity contribution is 0.0955. The SMILES string of the molecule is CCNC(=O)c1ccc(NC(=O)c2ccc(OC(C)CC)cc2)cc1. The number of anilines is 1. The van der Waals surface area contributed by atoms with Crippen molar-refractivity contribution < 1.29 is 14.3 Å². The molecule has 2 amide bonds. The molecule has 0 saturated heterocycles. The first-order chi connectivity index (χ1) is 12.0. The van der Waals surface area contributed by atoms with E-state index in [1.54, 1.807) is 48.5 Å². The molecule has 1 atom stereocenters. The van der Waals surface area contributed by atoms with E-state index in [0.717, 1.165) is 12.2 Å². The van der Waals surface area contributed by atoms with Crippen LogP contribution in [-0.4, -0.2) is 24.5 Å². The van der Waals surface area contributed by atoms with Crippen LogP contribution in [0.1, 0.15) is 47.9 Å². The van der Waals surface area contributed by atoms with Crippen LogP contribution in [0, 0.1) is 0 Å². The first-order valence-electron chi connectivity index (χ1n) is 8.49. The molecule has 0 spiro atoms. The van der Waals surface area contributed by atoms with Gasteiger partial charge in [0.2, 0.25) is 0 Å². The molecular formula is C20H24N2O3. The number of nitrogens with one attached hydrogen (secondary N) is 2. The van der Waals surface area contributed by atoms with Gasteiger partial charge in [-0.3, -0.25) is 9.59 Å². The van der Waals surface area contributed by atoms with Gasteiger partial charge >= 0.3 is 0 Å². The molecule has 2 rings (SSSR count). The maximum atomic E-state index is 12.3. The van der Waals surface area contributed by atoms with Crippen molar-refractivity contribution in [3.05, 3.63) is 59.7 Å². The quantitative estimate of drug-likeness (QED) is 0.804. The van der Waals surface area contributed by atoms with Gasteiger partial charge in [0.15, 0.2) is 0 Å². The number of carbonyl (C=O) groups excluding carboxylic acids is 2. The second-order valence-electron chi connectivity index (χ2n) is 5.75. The van der Waals surface area contributed by atoms with Gasteiger partial charge in [-0.05, 0) is 68.8 Å². The maximum absolute atomic E-state index is 12.3. The van der Waals surface area contributed by atoms with Crippen molar-refractivity contribution in [2.24, 2.45) is 0 Å². The van der Waals surface area contributed by atoms with Crippen LogP contribution in [0.3, 0.4) is 0 Å². The predicted octanol–water partition coefficient (Wildman–Crippen LogP) is 3.87. The van der Waals surface area contributed by atoms with Crippen molar-refractivity contribution >= 4 is 17.5 Å². The zero-order valence-electron chi connectivity index (χ0n) is 14.8. The summed E-state index contributed by atoms with van der Waals surface area (Å²) in [5.74, 6) is 0.412. The Morgan fingerprint density at radius 2 is 1.48 bits per heavy atom. The van der Waals surface area contributed by atoms with Crippen molar-refractivity contribution in [2.75, 3.05) is 11.9 Å². The largest absolute Gasteiger partial charge is 0.491 e. The summed E-state index contributed by atoms with van der Waals surface area (Å²) in [5, 5.41) is 5.55. The fourth-order valence-electron chi connectivity index (χ4n) is 2.17. The second kappa shape index (κ2) is 8.87. The van der Waals surface area contributed by atoms with Gasteiger partial charge in [0.25, 0.3) is 11.8 Å². The van der Waals surface area contributed by atoms with E-state index in [-0.39, 0.29) is 17.9 Å². The molecule has 0 bridgehead atoms. The molecule has 1 unspecified atom stereocenters. The van der Waals surface area contributed by atoms with Gasteiger partial charge in [-0.25, -0.2) is 0 Å². The lowest BCUT2D eigenvalue weighted by atomic mass is 10.1. The average molecular weight is 340 g/mol. The standard InChI is InChI=1S/C20H24N2O3/c1-4-14(3)25-18-12-8-16(9-13-18)20(24)22-17-10-6-15(7-11-17)19(23)21-5-2/h6-14H,4-5H2,1-3H3,(H,21,23)(H,22,24). The third-order valence-corrected chi connectivity index (χ3v) is 3.77. The molecular weight excluding hydrogens is 316 g/mol. The Morgan fingerprint density at radius 3 is 2.04 bits per heavy atom. The summed E-state index contributed by atoms with van der Waals surface area (Å²) in [7, 11) is 0. The van der Waals surface area contributed by atoms with Crippen LogP contribution >= 0.6 is 0 Å². The highest BCUT2D eigenvalue weighted by Crippen LogP contribution is 2.16. The van der Waals surface area contributed by atoms with Crippen molar-refractivity contribution in [1.82, 2.24) is 5.32 Å². The third kappa shape index (κ3) is 5.35. The van der Waals surface area contributed by atoms with Gasteiger partial charge in [0, 0.05) is 23.4 Å². The Morgan fingerprint density at radius 1 is 0.920 bits per heavy atom. The highest BCUT2D eigenvalue weighted by Gasteiger charge is 2.09. The molecule has 25 heavy (non-hydrogen) atoms. The number of ether oxygens (including phenoxy) is 1. The number of hydrogen-bond donors (Lipinski definition) is 2. The summed E-state index contributed by atoms with van der Waals surface area (Å²) in [6.07, 6.45) is 1.07. The minimum atomic E-state index is -0.208. The Labute approximate surface area is 148 Å². The molecule has 0 fully saturated rings. The van der Waals surface area contributed by atoms with Crippen molar-refractivity contribution in [2.45, 2.75) is 33.3 Å². The lowest BCUT2D eigenvalue weighted by Crippen LogP contribution is -2.22. The van der Waals surface area contributed by atoms with Gasteiger partial charge in [0.05, 0.1) is 6.10 Å². The monoisotopic (exact) mass is 340 g/mol. The smallest absolute Gasteiger partial charge is 0.255 e. The number of carbonyl (C=O) groups is 2. The van der Waals surface area contributed by atoms with Gasteiger partial charge in [0.1, 0.15) is 5.75 Å². The minimum absolute atomic E-state index is 0.128. The summed E-state index contributed by atoms with van der Waals surface area (Å²) < 4.78 is 5.70. The lowest BCUT2D eigenvalue weighted by Gasteiger charge is -2.12. The fraction of sp³-hybridized carbons (Fsp3) is 0.300. The molecule has 5 heteroatoms.